The molecule has 5 nitrogen and oxygen atoms in total. The molecular weight excluding hydrogens is 284 g/mol. The quantitative estimate of drug-likeness (QED) is 0.829. The predicted octanol–water partition coefficient (Wildman–Crippen LogP) is 3.22. The summed E-state index contributed by atoms with van der Waals surface area (Å²) >= 11 is 0. The van der Waals surface area contributed by atoms with Crippen LogP contribution in [0.2, 0.25) is 0 Å². The van der Waals surface area contributed by atoms with Gasteiger partial charge in [0.1, 0.15) is 11.3 Å². The Balaban J connectivity index is 2.53. The van der Waals surface area contributed by atoms with Crippen LogP contribution in [-0.2, 0) is 11.2 Å². The van der Waals surface area contributed by atoms with Gasteiger partial charge in [-0.2, -0.15) is 0 Å². The molecule has 0 radical (unpaired) electrons. The van der Waals surface area contributed by atoms with E-state index in [-0.39, 0.29) is 12.8 Å². The average Bonchev–Trinajstić information content (AvgIpc) is 2.47. The number of rotatable bonds is 6. The van der Waals surface area contributed by atoms with E-state index in [1.807, 2.05) is 32.9 Å². The van der Waals surface area contributed by atoms with Crippen LogP contribution in [0.25, 0.3) is 11.0 Å². The van der Waals surface area contributed by atoms with Crippen molar-refractivity contribution in [3.8, 4) is 5.75 Å². The van der Waals surface area contributed by atoms with E-state index < -0.39 is 11.6 Å². The summed E-state index contributed by atoms with van der Waals surface area (Å²) in [6, 6.07) is 3.72. The van der Waals surface area contributed by atoms with Crippen LogP contribution in [0.5, 0.6) is 5.75 Å². The molecule has 2 rings (SSSR count). The molecule has 1 aromatic carbocycles. The topological polar surface area (TPSA) is 76.7 Å². The maximum absolute atomic E-state index is 12.1. The zero-order valence-corrected chi connectivity index (χ0v) is 13.1. The molecule has 2 aromatic rings. The minimum absolute atomic E-state index is 0.0895. The number of carbonyl (C=O) groups is 1. The average molecular weight is 304 g/mol. The summed E-state index contributed by atoms with van der Waals surface area (Å²) < 4.78 is 11.1. The molecule has 5 heteroatoms. The fourth-order valence-corrected chi connectivity index (χ4v) is 2.46. The lowest BCUT2D eigenvalue weighted by atomic mass is 10.0. The van der Waals surface area contributed by atoms with Crippen LogP contribution in [-0.4, -0.2) is 17.7 Å². The van der Waals surface area contributed by atoms with Crippen LogP contribution in [0.1, 0.15) is 36.5 Å². The molecule has 22 heavy (non-hydrogen) atoms. The molecule has 0 fully saturated rings. The molecule has 0 aliphatic heterocycles. The molecule has 0 saturated heterocycles. The number of hydrogen-bond donors (Lipinski definition) is 1. The van der Waals surface area contributed by atoms with Gasteiger partial charge in [-0.05, 0) is 44.4 Å². The summed E-state index contributed by atoms with van der Waals surface area (Å²) in [6.07, 6.45) is 0.981. The smallest absolute Gasteiger partial charge is 0.339 e. The maximum Gasteiger partial charge on any atom is 0.339 e. The summed E-state index contributed by atoms with van der Waals surface area (Å²) in [6.45, 7) is 6.30. The van der Waals surface area contributed by atoms with Gasteiger partial charge < -0.3 is 14.3 Å². The Labute approximate surface area is 128 Å². The second-order valence-electron chi connectivity index (χ2n) is 5.30. The highest BCUT2D eigenvalue weighted by Gasteiger charge is 2.15. The normalized spacial score (nSPS) is 10.9. The third-order valence-electron chi connectivity index (χ3n) is 3.70. The molecule has 0 amide bonds. The number of carboxylic acid groups (broad SMARTS) is 1. The molecule has 0 atom stereocenters. The Bertz CT molecular complexity index is 758. The number of fused-ring (bicyclic) bond motifs is 1. The fraction of sp³-hybridized carbons (Fsp3) is 0.412. The Hall–Kier alpha value is -2.30. The SMILES string of the molecule is CCCOc1ccc2c(C)c(CCC(=O)O)c(=O)oc2c1C. The van der Waals surface area contributed by atoms with E-state index in [1.165, 1.54) is 0 Å². The molecule has 118 valence electrons. The first-order valence-corrected chi connectivity index (χ1v) is 7.36. The van der Waals surface area contributed by atoms with Gasteiger partial charge in [-0.15, -0.1) is 0 Å². The minimum Gasteiger partial charge on any atom is -0.493 e. The van der Waals surface area contributed by atoms with E-state index in [1.54, 1.807) is 0 Å². The summed E-state index contributed by atoms with van der Waals surface area (Å²) in [5.74, 6) is -0.228. The fourth-order valence-electron chi connectivity index (χ4n) is 2.46. The molecule has 1 heterocycles. The summed E-state index contributed by atoms with van der Waals surface area (Å²) in [7, 11) is 0. The van der Waals surface area contributed by atoms with Crippen molar-refractivity contribution in [1.82, 2.24) is 0 Å². The van der Waals surface area contributed by atoms with Crippen molar-refractivity contribution in [2.24, 2.45) is 0 Å². The number of carboxylic acids is 1. The summed E-state index contributed by atoms with van der Waals surface area (Å²) in [4.78, 5) is 22.9. The van der Waals surface area contributed by atoms with E-state index in [9.17, 15) is 9.59 Å². The molecule has 0 saturated carbocycles. The van der Waals surface area contributed by atoms with Crippen LogP contribution in [0.15, 0.2) is 21.3 Å². The molecule has 0 unspecified atom stereocenters. The number of hydrogen-bond acceptors (Lipinski definition) is 4. The molecule has 0 aliphatic rings. The molecule has 0 spiro atoms. The van der Waals surface area contributed by atoms with Crippen molar-refractivity contribution >= 4 is 16.9 Å². The van der Waals surface area contributed by atoms with Gasteiger partial charge in [0.15, 0.2) is 0 Å². The lowest BCUT2D eigenvalue weighted by Crippen LogP contribution is -2.12. The lowest BCUT2D eigenvalue weighted by Gasteiger charge is -2.12. The van der Waals surface area contributed by atoms with E-state index >= 15 is 0 Å². The van der Waals surface area contributed by atoms with Crippen LogP contribution in [0.4, 0.5) is 0 Å². The third kappa shape index (κ3) is 3.13. The Morgan fingerprint density at radius 1 is 1.27 bits per heavy atom. The monoisotopic (exact) mass is 304 g/mol. The van der Waals surface area contributed by atoms with Crippen molar-refractivity contribution in [2.45, 2.75) is 40.0 Å². The number of aryl methyl sites for hydroxylation is 2. The third-order valence-corrected chi connectivity index (χ3v) is 3.70. The van der Waals surface area contributed by atoms with Gasteiger partial charge in [-0.1, -0.05) is 6.92 Å². The standard InChI is InChI=1S/C17H20O5/c1-4-9-21-14-7-5-12-10(2)13(6-8-15(18)19)17(20)22-16(12)11(14)3/h5,7H,4,6,8-9H2,1-3H3,(H,18,19). The van der Waals surface area contributed by atoms with Gasteiger partial charge in [0.2, 0.25) is 0 Å². The van der Waals surface area contributed by atoms with Gasteiger partial charge in [0.25, 0.3) is 0 Å². The van der Waals surface area contributed by atoms with Crippen LogP contribution in [0.3, 0.4) is 0 Å². The van der Waals surface area contributed by atoms with Crippen molar-refractivity contribution in [3.63, 3.8) is 0 Å². The molecule has 0 bridgehead atoms. The summed E-state index contributed by atoms with van der Waals surface area (Å²) in [5.41, 5.74) is 2.03. The maximum atomic E-state index is 12.1. The highest BCUT2D eigenvalue weighted by atomic mass is 16.5. The molecule has 1 aromatic heterocycles. The highest BCUT2D eigenvalue weighted by Crippen LogP contribution is 2.29. The van der Waals surface area contributed by atoms with Gasteiger partial charge in [0.05, 0.1) is 6.61 Å². The van der Waals surface area contributed by atoms with E-state index in [2.05, 4.69) is 0 Å². The first-order valence-electron chi connectivity index (χ1n) is 7.36. The number of benzene rings is 1. The number of aliphatic carboxylic acids is 1. The van der Waals surface area contributed by atoms with E-state index in [0.717, 1.165) is 22.9 Å². The molecular formula is C17H20O5. The first kappa shape index (κ1) is 16.1. The van der Waals surface area contributed by atoms with E-state index in [0.29, 0.717) is 23.5 Å². The second-order valence-corrected chi connectivity index (χ2v) is 5.30. The zero-order chi connectivity index (χ0) is 16.3. The first-order chi connectivity index (χ1) is 10.5. The Morgan fingerprint density at radius 3 is 2.64 bits per heavy atom. The van der Waals surface area contributed by atoms with Crippen LogP contribution >= 0.6 is 0 Å². The lowest BCUT2D eigenvalue weighted by molar-refractivity contribution is -0.136. The Kier molecular flexibility index (Phi) is 4.85. The Morgan fingerprint density at radius 2 is 2.00 bits per heavy atom. The van der Waals surface area contributed by atoms with Gasteiger partial charge in [0, 0.05) is 22.9 Å². The highest BCUT2D eigenvalue weighted by molar-refractivity contribution is 5.85. The molecule has 1 N–H and O–H groups in total. The zero-order valence-electron chi connectivity index (χ0n) is 13.1. The van der Waals surface area contributed by atoms with Crippen LogP contribution < -0.4 is 10.4 Å². The van der Waals surface area contributed by atoms with Gasteiger partial charge in [-0.3, -0.25) is 4.79 Å². The van der Waals surface area contributed by atoms with Crippen LogP contribution in [0, 0.1) is 13.8 Å². The predicted molar refractivity (Wildman–Crippen MR) is 83.7 cm³/mol. The van der Waals surface area contributed by atoms with Crippen molar-refractivity contribution < 1.29 is 19.1 Å². The molecule has 0 aliphatic carbocycles. The minimum atomic E-state index is -0.932. The largest absolute Gasteiger partial charge is 0.493 e. The van der Waals surface area contributed by atoms with Crippen molar-refractivity contribution in [1.29, 1.82) is 0 Å². The van der Waals surface area contributed by atoms with Crippen molar-refractivity contribution in [2.75, 3.05) is 6.61 Å². The van der Waals surface area contributed by atoms with Gasteiger partial charge in [-0.25, -0.2) is 4.79 Å². The second kappa shape index (κ2) is 6.64. The van der Waals surface area contributed by atoms with E-state index in [4.69, 9.17) is 14.3 Å². The van der Waals surface area contributed by atoms with Crippen molar-refractivity contribution in [3.05, 3.63) is 39.2 Å². The van der Waals surface area contributed by atoms with Gasteiger partial charge >= 0.3 is 11.6 Å². The summed E-state index contributed by atoms with van der Waals surface area (Å²) in [5, 5.41) is 9.60. The number of ether oxygens (including phenoxy) is 1.